The van der Waals surface area contributed by atoms with Gasteiger partial charge in [0.15, 0.2) is 5.78 Å². The van der Waals surface area contributed by atoms with Gasteiger partial charge in [-0.25, -0.2) is 0 Å². The van der Waals surface area contributed by atoms with Crippen LogP contribution in [-0.4, -0.2) is 10.8 Å². The molecule has 1 heterocycles. The molecule has 0 amide bonds. The van der Waals surface area contributed by atoms with Gasteiger partial charge in [-0.05, 0) is 40.8 Å². The van der Waals surface area contributed by atoms with E-state index in [2.05, 4.69) is 44.2 Å². The molecule has 4 rings (SSSR count). The Labute approximate surface area is 136 Å². The summed E-state index contributed by atoms with van der Waals surface area (Å²) in [5.41, 5.74) is 3.78. The molecule has 0 spiro atoms. The van der Waals surface area contributed by atoms with Gasteiger partial charge < -0.3 is 0 Å². The number of carbonyl (C=O) groups excluding carboxylic acids is 1. The molecule has 0 N–H and O–H groups in total. The third kappa shape index (κ3) is 2.55. The molecule has 1 aliphatic carbocycles. The van der Waals surface area contributed by atoms with E-state index in [9.17, 15) is 4.79 Å². The monoisotopic (exact) mass is 301 g/mol. The summed E-state index contributed by atoms with van der Waals surface area (Å²) in [6, 6.07) is 18.6. The van der Waals surface area contributed by atoms with Crippen LogP contribution in [0.3, 0.4) is 0 Å². The summed E-state index contributed by atoms with van der Waals surface area (Å²) < 4.78 is 0. The molecule has 0 fully saturated rings. The molecule has 1 aromatic heterocycles. The molecule has 1 aliphatic rings. The summed E-state index contributed by atoms with van der Waals surface area (Å²) in [5, 5.41) is 2.44. The largest absolute Gasteiger partial charge is 0.294 e. The predicted molar refractivity (Wildman–Crippen MR) is 93.6 cm³/mol. The zero-order chi connectivity index (χ0) is 16.0. The van der Waals surface area contributed by atoms with Crippen molar-refractivity contribution in [3.8, 4) is 11.3 Å². The Morgan fingerprint density at radius 1 is 0.913 bits per heavy atom. The first kappa shape index (κ1) is 14.1. The van der Waals surface area contributed by atoms with E-state index < -0.39 is 0 Å². The average molecular weight is 301 g/mol. The molecule has 0 bridgehead atoms. The van der Waals surface area contributed by atoms with Crippen molar-refractivity contribution in [2.24, 2.45) is 5.41 Å². The molecule has 3 aromatic rings. The van der Waals surface area contributed by atoms with Gasteiger partial charge in [0.2, 0.25) is 0 Å². The van der Waals surface area contributed by atoms with Crippen molar-refractivity contribution < 1.29 is 4.79 Å². The molecule has 2 heteroatoms. The van der Waals surface area contributed by atoms with Crippen LogP contribution >= 0.6 is 0 Å². The molecule has 23 heavy (non-hydrogen) atoms. The van der Waals surface area contributed by atoms with Gasteiger partial charge >= 0.3 is 0 Å². The predicted octanol–water partition coefficient (Wildman–Crippen LogP) is 5.06. The minimum Gasteiger partial charge on any atom is -0.294 e. The molecular weight excluding hydrogens is 282 g/mol. The number of fused-ring (bicyclic) bond motifs is 2. The topological polar surface area (TPSA) is 30.0 Å². The van der Waals surface area contributed by atoms with Gasteiger partial charge in [-0.3, -0.25) is 9.78 Å². The van der Waals surface area contributed by atoms with E-state index in [0.717, 1.165) is 28.9 Å². The van der Waals surface area contributed by atoms with Crippen molar-refractivity contribution in [1.82, 2.24) is 4.98 Å². The van der Waals surface area contributed by atoms with Crippen LogP contribution in [0.5, 0.6) is 0 Å². The van der Waals surface area contributed by atoms with Crippen LogP contribution < -0.4 is 0 Å². The van der Waals surface area contributed by atoms with Crippen molar-refractivity contribution in [3.05, 3.63) is 65.9 Å². The first-order valence-electron chi connectivity index (χ1n) is 8.04. The molecule has 2 aromatic carbocycles. The van der Waals surface area contributed by atoms with Crippen LogP contribution in [0.2, 0.25) is 0 Å². The van der Waals surface area contributed by atoms with Gasteiger partial charge in [-0.15, -0.1) is 0 Å². The number of benzene rings is 2. The molecule has 0 saturated carbocycles. The quantitative estimate of drug-likeness (QED) is 0.629. The van der Waals surface area contributed by atoms with Crippen molar-refractivity contribution >= 4 is 16.6 Å². The van der Waals surface area contributed by atoms with Gasteiger partial charge in [0.1, 0.15) is 0 Å². The van der Waals surface area contributed by atoms with Crippen molar-refractivity contribution in [2.45, 2.75) is 26.7 Å². The first-order chi connectivity index (χ1) is 11.0. The Hall–Kier alpha value is -2.48. The van der Waals surface area contributed by atoms with Gasteiger partial charge in [-0.1, -0.05) is 50.2 Å². The summed E-state index contributed by atoms with van der Waals surface area (Å²) in [6.07, 6.45) is 1.46. The lowest BCUT2D eigenvalue weighted by Gasteiger charge is -2.29. The third-order valence-electron chi connectivity index (χ3n) is 4.60. The fraction of sp³-hybridized carbons (Fsp3) is 0.238. The number of hydrogen-bond acceptors (Lipinski definition) is 2. The second-order valence-electron chi connectivity index (χ2n) is 7.19. The first-order valence-corrected chi connectivity index (χ1v) is 8.04. The number of nitrogens with zero attached hydrogens (tertiary/aromatic N) is 1. The number of aromatic nitrogens is 1. The van der Waals surface area contributed by atoms with E-state index in [1.54, 1.807) is 0 Å². The summed E-state index contributed by atoms with van der Waals surface area (Å²) in [5.74, 6) is 0.216. The molecule has 0 radical (unpaired) electrons. The Balaban J connectivity index is 1.81. The lowest BCUT2D eigenvalue weighted by molar-refractivity contribution is 0.0910. The Morgan fingerprint density at radius 3 is 2.52 bits per heavy atom. The Kier molecular flexibility index (Phi) is 3.08. The number of Topliss-reactive ketones (excluding diaryl/α,β-unsaturated/α-hetero) is 1. The lowest BCUT2D eigenvalue weighted by Crippen LogP contribution is -2.27. The highest BCUT2D eigenvalue weighted by Crippen LogP contribution is 2.35. The zero-order valence-corrected chi connectivity index (χ0v) is 13.5. The smallest absolute Gasteiger partial charge is 0.165 e. The van der Waals surface area contributed by atoms with E-state index >= 15 is 0 Å². The Morgan fingerprint density at radius 2 is 1.70 bits per heavy atom. The third-order valence-corrected chi connectivity index (χ3v) is 4.60. The van der Waals surface area contributed by atoms with Crippen molar-refractivity contribution in [1.29, 1.82) is 0 Å². The van der Waals surface area contributed by atoms with Gasteiger partial charge in [0.25, 0.3) is 0 Å². The van der Waals surface area contributed by atoms with E-state index in [4.69, 9.17) is 4.98 Å². The maximum atomic E-state index is 12.3. The molecule has 0 saturated heterocycles. The van der Waals surface area contributed by atoms with E-state index in [-0.39, 0.29) is 11.2 Å². The van der Waals surface area contributed by atoms with E-state index in [1.165, 1.54) is 10.8 Å². The summed E-state index contributed by atoms with van der Waals surface area (Å²) >= 11 is 0. The molecular formula is C21H19NO. The van der Waals surface area contributed by atoms with Crippen LogP contribution in [0.15, 0.2) is 54.6 Å². The highest BCUT2D eigenvalue weighted by Gasteiger charge is 2.31. The zero-order valence-electron chi connectivity index (χ0n) is 13.5. The number of rotatable bonds is 1. The summed E-state index contributed by atoms with van der Waals surface area (Å²) in [6.45, 7) is 4.27. The SMILES string of the molecule is CC1(C)CC(=O)c2ccc(-c3ccc4ccccc4c3)nc2C1. The number of ketones is 1. The number of pyridine rings is 1. The fourth-order valence-electron chi connectivity index (χ4n) is 3.45. The molecule has 114 valence electrons. The van der Waals surface area contributed by atoms with E-state index in [1.807, 2.05) is 24.3 Å². The lowest BCUT2D eigenvalue weighted by atomic mass is 9.75. The van der Waals surface area contributed by atoms with Crippen LogP contribution in [0.4, 0.5) is 0 Å². The molecule has 0 unspecified atom stereocenters. The van der Waals surface area contributed by atoms with Crippen LogP contribution in [0, 0.1) is 5.41 Å². The highest BCUT2D eigenvalue weighted by atomic mass is 16.1. The molecule has 0 aliphatic heterocycles. The molecule has 0 atom stereocenters. The van der Waals surface area contributed by atoms with Crippen LogP contribution in [0.1, 0.15) is 36.3 Å². The maximum absolute atomic E-state index is 12.3. The minimum absolute atomic E-state index is 0.000901. The second kappa shape index (κ2) is 5.02. The molecule has 2 nitrogen and oxygen atoms in total. The minimum atomic E-state index is -0.000901. The number of carbonyl (C=O) groups is 1. The maximum Gasteiger partial charge on any atom is 0.165 e. The Bertz CT molecular complexity index is 924. The van der Waals surface area contributed by atoms with Crippen molar-refractivity contribution in [2.75, 3.05) is 0 Å². The standard InChI is InChI=1S/C21H19NO/c1-21(2)12-19-17(20(23)13-21)9-10-18(22-19)16-8-7-14-5-3-4-6-15(14)11-16/h3-11H,12-13H2,1-2H3. The second-order valence-corrected chi connectivity index (χ2v) is 7.19. The van der Waals surface area contributed by atoms with Gasteiger partial charge in [0.05, 0.1) is 11.4 Å². The van der Waals surface area contributed by atoms with Gasteiger partial charge in [0, 0.05) is 17.5 Å². The summed E-state index contributed by atoms with van der Waals surface area (Å²) in [7, 11) is 0. The number of hydrogen-bond donors (Lipinski definition) is 0. The fourth-order valence-corrected chi connectivity index (χ4v) is 3.45. The van der Waals surface area contributed by atoms with E-state index in [0.29, 0.717) is 6.42 Å². The van der Waals surface area contributed by atoms with Crippen LogP contribution in [0.25, 0.3) is 22.0 Å². The normalized spacial score (nSPS) is 16.3. The summed E-state index contributed by atoms with van der Waals surface area (Å²) in [4.78, 5) is 17.1. The highest BCUT2D eigenvalue weighted by molar-refractivity contribution is 5.99. The van der Waals surface area contributed by atoms with Crippen molar-refractivity contribution in [3.63, 3.8) is 0 Å². The average Bonchev–Trinajstić information content (AvgIpc) is 2.52. The van der Waals surface area contributed by atoms with Gasteiger partial charge in [-0.2, -0.15) is 0 Å². The van der Waals surface area contributed by atoms with Crippen LogP contribution in [-0.2, 0) is 6.42 Å².